The van der Waals surface area contributed by atoms with Gasteiger partial charge in [-0.1, -0.05) is 6.07 Å². The van der Waals surface area contributed by atoms with Crippen LogP contribution in [0.3, 0.4) is 0 Å². The number of carbonyl (C=O) groups is 4. The molecule has 0 spiro atoms. The van der Waals surface area contributed by atoms with Gasteiger partial charge < -0.3 is 80.3 Å². The van der Waals surface area contributed by atoms with Crippen LogP contribution in [0.5, 0.6) is 23.0 Å². The molecule has 11 N–H and O–H groups in total. The number of hydrogen-bond donors (Lipinski definition) is 11. The summed E-state index contributed by atoms with van der Waals surface area (Å²) in [4.78, 5) is 52.7. The zero-order valence-electron chi connectivity index (χ0n) is 31.8. The molecule has 0 bridgehead atoms. The van der Waals surface area contributed by atoms with Gasteiger partial charge in [-0.2, -0.15) is 0 Å². The van der Waals surface area contributed by atoms with Gasteiger partial charge >= 0.3 is 5.97 Å². The van der Waals surface area contributed by atoms with Crippen LogP contribution < -0.4 is 15.4 Å². The van der Waals surface area contributed by atoms with Gasteiger partial charge in [0.2, 0.25) is 0 Å². The first-order chi connectivity index (χ1) is 27.9. The van der Waals surface area contributed by atoms with Crippen LogP contribution in [-0.2, 0) is 23.7 Å². The second-order valence-electron chi connectivity index (χ2n) is 14.7. The molecule has 20 nitrogen and oxygen atoms in total. The van der Waals surface area contributed by atoms with Crippen LogP contribution in [0.1, 0.15) is 78.0 Å². The topological polar surface area (TPSA) is 321 Å². The van der Waals surface area contributed by atoms with Gasteiger partial charge in [0.1, 0.15) is 72.3 Å². The number of aromatic hydroxyl groups is 3. The number of methoxy groups -OCH3 is 1. The van der Waals surface area contributed by atoms with Crippen molar-refractivity contribution in [1.29, 1.82) is 0 Å². The average molecular weight is 827 g/mol. The smallest absolute Gasteiger partial charge is 0.322 e. The normalized spacial score (nSPS) is 29.8. The van der Waals surface area contributed by atoms with Gasteiger partial charge in [0.25, 0.3) is 5.91 Å². The van der Waals surface area contributed by atoms with E-state index in [0.29, 0.717) is 0 Å². The number of ether oxygens (including phenoxy) is 5. The van der Waals surface area contributed by atoms with Gasteiger partial charge in [-0.25, -0.2) is 0 Å². The first kappa shape index (κ1) is 41.9. The van der Waals surface area contributed by atoms with Crippen molar-refractivity contribution in [2.45, 2.75) is 81.3 Å². The summed E-state index contributed by atoms with van der Waals surface area (Å²) >= 11 is 0. The number of nitrogens with one attached hydrogen (secondary N) is 2. The van der Waals surface area contributed by atoms with Crippen LogP contribution in [0.25, 0.3) is 11.1 Å². The Balaban J connectivity index is 1.36. The molecule has 4 aliphatic rings. The minimum atomic E-state index is -1.89. The minimum absolute atomic E-state index is 0.0168. The van der Waals surface area contributed by atoms with E-state index in [-0.39, 0.29) is 33.6 Å². The summed E-state index contributed by atoms with van der Waals surface area (Å²) in [5.74, 6) is -6.63. The van der Waals surface area contributed by atoms with Gasteiger partial charge in [-0.15, -0.1) is 0 Å². The molecule has 1 amide bonds. The van der Waals surface area contributed by atoms with Gasteiger partial charge in [-0.05, 0) is 49.7 Å². The van der Waals surface area contributed by atoms with Gasteiger partial charge in [0.05, 0.1) is 42.6 Å². The second-order valence-corrected chi connectivity index (χ2v) is 14.7. The van der Waals surface area contributed by atoms with Crippen molar-refractivity contribution < 1.29 is 88.8 Å². The number of rotatable bonds is 9. The number of hydrogen-bond acceptors (Lipinski definition) is 18. The number of carboxylic acid groups (broad SMARTS) is 1. The van der Waals surface area contributed by atoms with Crippen LogP contribution in [0.2, 0.25) is 0 Å². The number of aryl methyl sites for hydroxylation is 1. The number of fused-ring (bicyclic) bond motifs is 5. The Bertz CT molecular complexity index is 2250. The number of phenols is 3. The van der Waals surface area contributed by atoms with E-state index in [1.165, 1.54) is 33.2 Å². The van der Waals surface area contributed by atoms with E-state index in [2.05, 4.69) is 10.6 Å². The van der Waals surface area contributed by atoms with Crippen LogP contribution in [0, 0.1) is 6.92 Å². The number of aliphatic hydroxyl groups excluding tert-OH is 5. The monoisotopic (exact) mass is 826 g/mol. The summed E-state index contributed by atoms with van der Waals surface area (Å²) in [7, 11) is 2.80. The van der Waals surface area contributed by atoms with Gasteiger partial charge in [0, 0.05) is 28.3 Å². The van der Waals surface area contributed by atoms with Crippen molar-refractivity contribution >= 4 is 23.4 Å². The molecule has 59 heavy (non-hydrogen) atoms. The highest BCUT2D eigenvalue weighted by atomic mass is 16.7. The lowest BCUT2D eigenvalue weighted by molar-refractivity contribution is -0.339. The minimum Gasteiger partial charge on any atom is -0.507 e. The Morgan fingerprint density at radius 2 is 1.49 bits per heavy atom. The van der Waals surface area contributed by atoms with Crippen LogP contribution in [0.15, 0.2) is 24.3 Å². The quantitative estimate of drug-likeness (QED) is 0.0964. The number of phenolic OH excluding ortho intramolecular Hbond substituents is 3. The number of benzene rings is 3. The largest absolute Gasteiger partial charge is 0.507 e. The fourth-order valence-electron chi connectivity index (χ4n) is 8.21. The SMILES string of the molecule is CN[C@H]1[C@H](O[C@@H]2OC[C@H](O)[C@@H](O)[C@@H]2O)[C@@H](O)[C@@H](O[C@H]2c3cc(C)c(C(=O)NCC(=O)O)c(O)c3-c3c(cc4c(c3O)C(=O)c3cc(OC)cc(O)c3C4=O)[C@H]2O)O[C@@H]1C. The third-order valence-electron chi connectivity index (χ3n) is 11.1. The highest BCUT2D eigenvalue weighted by molar-refractivity contribution is 6.31. The predicted molar refractivity (Wildman–Crippen MR) is 196 cm³/mol. The Kier molecular flexibility index (Phi) is 11.2. The third-order valence-corrected chi connectivity index (χ3v) is 11.1. The Morgan fingerprint density at radius 1 is 0.831 bits per heavy atom. The molecule has 2 aliphatic carbocycles. The molecule has 2 aliphatic heterocycles. The van der Waals surface area contributed by atoms with Crippen molar-refractivity contribution in [2.24, 2.45) is 0 Å². The fraction of sp³-hybridized carbons (Fsp3) is 0.436. The summed E-state index contributed by atoms with van der Waals surface area (Å²) in [6.45, 7) is 1.73. The third kappa shape index (κ3) is 6.85. The van der Waals surface area contributed by atoms with Crippen LogP contribution in [-0.4, -0.2) is 152 Å². The molecular weight excluding hydrogens is 784 g/mol. The zero-order valence-corrected chi connectivity index (χ0v) is 31.8. The first-order valence-electron chi connectivity index (χ1n) is 18.3. The van der Waals surface area contributed by atoms with Crippen molar-refractivity contribution in [2.75, 3.05) is 27.3 Å². The Morgan fingerprint density at radius 3 is 2.15 bits per heavy atom. The lowest BCUT2D eigenvalue weighted by atomic mass is 9.74. The number of amides is 1. The van der Waals surface area contributed by atoms with E-state index in [1.807, 2.05) is 0 Å². The lowest BCUT2D eigenvalue weighted by Crippen LogP contribution is -2.65. The highest BCUT2D eigenvalue weighted by Gasteiger charge is 2.51. The maximum atomic E-state index is 14.0. The molecule has 20 heteroatoms. The molecule has 0 aromatic heterocycles. The zero-order chi connectivity index (χ0) is 42.9. The van der Waals surface area contributed by atoms with Crippen molar-refractivity contribution in [1.82, 2.24) is 10.6 Å². The number of aliphatic carboxylic acids is 1. The summed E-state index contributed by atoms with van der Waals surface area (Å²) in [5, 5.41) is 104. The molecule has 11 atom stereocenters. The molecule has 0 radical (unpaired) electrons. The summed E-state index contributed by atoms with van der Waals surface area (Å²) in [6.07, 6.45) is -15.5. The molecule has 0 unspecified atom stereocenters. The molecular formula is C39H42N2O18. The Labute approximate surface area is 334 Å². The molecule has 3 aromatic carbocycles. The number of carbonyl (C=O) groups excluding carboxylic acids is 3. The molecule has 316 valence electrons. The van der Waals surface area contributed by atoms with E-state index in [0.717, 1.165) is 12.1 Å². The number of likely N-dealkylation sites (N-methyl/N-ethyl adjacent to an activating group) is 1. The van der Waals surface area contributed by atoms with E-state index < -0.39 is 149 Å². The first-order valence-corrected chi connectivity index (χ1v) is 18.3. The summed E-state index contributed by atoms with van der Waals surface area (Å²) < 4.78 is 28.9. The second kappa shape index (κ2) is 15.7. The van der Waals surface area contributed by atoms with Crippen molar-refractivity contribution in [3.8, 4) is 34.1 Å². The molecule has 2 saturated heterocycles. The van der Waals surface area contributed by atoms with E-state index in [1.54, 1.807) is 6.92 Å². The maximum Gasteiger partial charge on any atom is 0.322 e. The standard InChI is InChI=1S/C39H42N2O18/c1-11-5-17-24(31(50)21(11)37(54)41-9-20(44)45)23-15(8-16-25(32(23)51)28(47)14-6-13(55-4)7-18(42)22(14)27(16)46)29(48)35(17)58-39-34(53)36(26(40-3)12(2)57-39)59-38-33(52)30(49)19(43)10-56-38/h5-8,12,19,26,29-30,33-36,38-40,42-43,48-53H,9-10H2,1-4H3,(H,41,54)(H,44,45)/t12-,19+,26-,29-,30-,33+,34-,35+,36+,38+,39-/m1/s1. The lowest BCUT2D eigenvalue weighted by Gasteiger charge is -2.47. The van der Waals surface area contributed by atoms with Gasteiger partial charge in [-0.3, -0.25) is 19.2 Å². The van der Waals surface area contributed by atoms with E-state index in [4.69, 9.17) is 23.7 Å². The molecule has 7 rings (SSSR count). The van der Waals surface area contributed by atoms with Crippen molar-refractivity contribution in [3.63, 3.8) is 0 Å². The molecule has 3 aromatic rings. The van der Waals surface area contributed by atoms with E-state index >= 15 is 0 Å². The average Bonchev–Trinajstić information content (AvgIpc) is 3.18. The maximum absolute atomic E-state index is 14.0. The highest BCUT2D eigenvalue weighted by Crippen LogP contribution is 2.57. The van der Waals surface area contributed by atoms with Crippen molar-refractivity contribution in [3.05, 3.63) is 68.8 Å². The number of ketones is 2. The van der Waals surface area contributed by atoms with Crippen LogP contribution in [0.4, 0.5) is 0 Å². The number of aliphatic hydroxyl groups is 5. The fourth-order valence-corrected chi connectivity index (χ4v) is 8.21. The Hall–Kier alpha value is -5.26. The van der Waals surface area contributed by atoms with E-state index in [9.17, 15) is 65.1 Å². The summed E-state index contributed by atoms with van der Waals surface area (Å²) in [5.41, 5.74) is -3.34. The summed E-state index contributed by atoms with van der Waals surface area (Å²) in [6, 6.07) is 3.86. The molecule has 0 saturated carbocycles. The molecule has 2 fully saturated rings. The van der Waals surface area contributed by atoms with Crippen LogP contribution >= 0.6 is 0 Å². The molecule has 2 heterocycles. The number of carboxylic acids is 1. The van der Waals surface area contributed by atoms with Gasteiger partial charge in [0.15, 0.2) is 24.1 Å². The predicted octanol–water partition coefficient (Wildman–Crippen LogP) is -1.00.